The Morgan fingerprint density at radius 1 is 1.00 bits per heavy atom. The molecule has 0 amide bonds. The van der Waals surface area contributed by atoms with E-state index in [1.54, 1.807) is 30.5 Å². The van der Waals surface area contributed by atoms with Gasteiger partial charge >= 0.3 is 0 Å². The summed E-state index contributed by atoms with van der Waals surface area (Å²) in [5, 5.41) is 13.5. The average Bonchev–Trinajstić information content (AvgIpc) is 2.52. The van der Waals surface area contributed by atoms with Gasteiger partial charge in [0.25, 0.3) is 0 Å². The lowest BCUT2D eigenvalue weighted by Gasteiger charge is -2.18. The molecule has 0 aliphatic carbocycles. The molecule has 0 fully saturated rings. The molecular weight excluding hydrogens is 290 g/mol. The molecule has 0 bridgehead atoms. The van der Waals surface area contributed by atoms with Gasteiger partial charge < -0.3 is 14.7 Å². The molecule has 2 rings (SSSR count). The van der Waals surface area contributed by atoms with Crippen LogP contribution in [-0.4, -0.2) is 24.5 Å². The van der Waals surface area contributed by atoms with Crippen LogP contribution < -0.4 is 4.74 Å². The Morgan fingerprint density at radius 3 is 2.35 bits per heavy atom. The van der Waals surface area contributed by atoms with Crippen molar-refractivity contribution >= 4 is 6.21 Å². The summed E-state index contributed by atoms with van der Waals surface area (Å²) in [7, 11) is 0. The highest BCUT2D eigenvalue weighted by molar-refractivity contribution is 5.79. The van der Waals surface area contributed by atoms with Gasteiger partial charge in [-0.25, -0.2) is 0 Å². The first kappa shape index (κ1) is 16.9. The number of aromatic hydroxyl groups is 1. The number of phenolic OH excluding ortho intramolecular Hbond substituents is 1. The third-order valence-electron chi connectivity index (χ3n) is 3.35. The molecule has 4 nitrogen and oxygen atoms in total. The van der Waals surface area contributed by atoms with E-state index < -0.39 is 0 Å². The fraction of sp³-hybridized carbons (Fsp3) is 0.316. The van der Waals surface area contributed by atoms with Gasteiger partial charge in [0.2, 0.25) is 0 Å². The van der Waals surface area contributed by atoms with Crippen LogP contribution in [0.4, 0.5) is 0 Å². The molecule has 0 heterocycles. The van der Waals surface area contributed by atoms with Crippen LogP contribution in [0.2, 0.25) is 0 Å². The normalized spacial score (nSPS) is 11.6. The van der Waals surface area contributed by atoms with Crippen molar-refractivity contribution in [2.24, 2.45) is 5.16 Å². The summed E-state index contributed by atoms with van der Waals surface area (Å²) in [4.78, 5) is 5.16. The Morgan fingerprint density at radius 2 is 1.70 bits per heavy atom. The SMILES string of the molecule is CC(C)(C)c1ccc(C=NOCCOc2ccccc2O)cc1. The second-order valence-corrected chi connectivity index (χ2v) is 6.26. The van der Waals surface area contributed by atoms with Crippen LogP contribution in [0.15, 0.2) is 53.7 Å². The van der Waals surface area contributed by atoms with Gasteiger partial charge in [-0.3, -0.25) is 0 Å². The lowest BCUT2D eigenvalue weighted by molar-refractivity contribution is 0.107. The molecule has 4 heteroatoms. The number of benzene rings is 2. The predicted octanol–water partition coefficient (Wildman–Crippen LogP) is 4.12. The molecule has 0 aliphatic rings. The van der Waals surface area contributed by atoms with Crippen molar-refractivity contribution in [2.45, 2.75) is 26.2 Å². The van der Waals surface area contributed by atoms with E-state index in [0.29, 0.717) is 19.0 Å². The average molecular weight is 313 g/mol. The summed E-state index contributed by atoms with van der Waals surface area (Å²) in [5.41, 5.74) is 2.42. The van der Waals surface area contributed by atoms with E-state index in [0.717, 1.165) is 5.56 Å². The van der Waals surface area contributed by atoms with Crippen molar-refractivity contribution in [3.8, 4) is 11.5 Å². The molecule has 0 aromatic heterocycles. The van der Waals surface area contributed by atoms with Gasteiger partial charge in [-0.15, -0.1) is 0 Å². The molecule has 0 saturated heterocycles. The van der Waals surface area contributed by atoms with Gasteiger partial charge in [-0.1, -0.05) is 62.3 Å². The van der Waals surface area contributed by atoms with Gasteiger partial charge in [-0.2, -0.15) is 0 Å². The van der Waals surface area contributed by atoms with Crippen LogP contribution in [-0.2, 0) is 10.3 Å². The number of para-hydroxylation sites is 2. The zero-order valence-electron chi connectivity index (χ0n) is 13.8. The smallest absolute Gasteiger partial charge is 0.161 e. The van der Waals surface area contributed by atoms with Crippen molar-refractivity contribution in [3.05, 3.63) is 59.7 Å². The number of phenols is 1. The fourth-order valence-electron chi connectivity index (χ4n) is 1.99. The van der Waals surface area contributed by atoms with Crippen molar-refractivity contribution in [2.75, 3.05) is 13.2 Å². The highest BCUT2D eigenvalue weighted by Crippen LogP contribution is 2.24. The zero-order valence-corrected chi connectivity index (χ0v) is 13.8. The van der Waals surface area contributed by atoms with Gasteiger partial charge in [0.1, 0.15) is 6.61 Å². The first-order chi connectivity index (χ1) is 11.0. The van der Waals surface area contributed by atoms with E-state index in [-0.39, 0.29) is 11.2 Å². The third kappa shape index (κ3) is 5.33. The van der Waals surface area contributed by atoms with Crippen LogP contribution >= 0.6 is 0 Å². The van der Waals surface area contributed by atoms with Crippen molar-refractivity contribution in [1.82, 2.24) is 0 Å². The van der Waals surface area contributed by atoms with Crippen LogP contribution in [0.3, 0.4) is 0 Å². The summed E-state index contributed by atoms with van der Waals surface area (Å²) in [6.07, 6.45) is 1.67. The maximum Gasteiger partial charge on any atom is 0.161 e. The Hall–Kier alpha value is -2.49. The summed E-state index contributed by atoms with van der Waals surface area (Å²) >= 11 is 0. The molecule has 0 radical (unpaired) electrons. The Balaban J connectivity index is 1.74. The lowest BCUT2D eigenvalue weighted by Crippen LogP contribution is -2.10. The molecule has 1 N–H and O–H groups in total. The number of ether oxygens (including phenoxy) is 1. The number of rotatable bonds is 6. The highest BCUT2D eigenvalue weighted by atomic mass is 16.6. The summed E-state index contributed by atoms with van der Waals surface area (Å²) < 4.78 is 5.39. The lowest BCUT2D eigenvalue weighted by atomic mass is 9.87. The second kappa shape index (κ2) is 7.68. The first-order valence-corrected chi connectivity index (χ1v) is 7.63. The van der Waals surface area contributed by atoms with Gasteiger partial charge in [-0.05, 0) is 28.7 Å². The third-order valence-corrected chi connectivity index (χ3v) is 3.35. The number of hydrogen-bond acceptors (Lipinski definition) is 4. The molecule has 2 aromatic carbocycles. The van der Waals surface area contributed by atoms with E-state index in [4.69, 9.17) is 9.57 Å². The van der Waals surface area contributed by atoms with E-state index in [9.17, 15) is 5.11 Å². The Labute approximate surface area is 137 Å². The topological polar surface area (TPSA) is 51.0 Å². The van der Waals surface area contributed by atoms with Crippen LogP contribution in [0.5, 0.6) is 11.5 Å². The number of oxime groups is 1. The first-order valence-electron chi connectivity index (χ1n) is 7.63. The fourth-order valence-corrected chi connectivity index (χ4v) is 1.99. The molecule has 122 valence electrons. The molecule has 0 aliphatic heterocycles. The maximum absolute atomic E-state index is 9.55. The molecule has 2 aromatic rings. The largest absolute Gasteiger partial charge is 0.504 e. The van der Waals surface area contributed by atoms with E-state index in [1.165, 1.54) is 5.56 Å². The number of nitrogens with zero attached hydrogens (tertiary/aromatic N) is 1. The summed E-state index contributed by atoms with van der Waals surface area (Å²) in [5.74, 6) is 0.563. The molecule has 0 atom stereocenters. The van der Waals surface area contributed by atoms with E-state index >= 15 is 0 Å². The van der Waals surface area contributed by atoms with Gasteiger partial charge in [0.05, 0.1) is 6.21 Å². The van der Waals surface area contributed by atoms with Crippen molar-refractivity contribution in [3.63, 3.8) is 0 Å². The minimum absolute atomic E-state index is 0.120. The second-order valence-electron chi connectivity index (χ2n) is 6.26. The summed E-state index contributed by atoms with van der Waals surface area (Å²) in [6, 6.07) is 15.1. The molecule has 0 saturated carbocycles. The van der Waals surface area contributed by atoms with Gasteiger partial charge in [0.15, 0.2) is 18.1 Å². The Bertz CT molecular complexity index is 642. The van der Waals surface area contributed by atoms with Crippen LogP contribution in [0.25, 0.3) is 0 Å². The minimum Gasteiger partial charge on any atom is -0.504 e. The molecule has 0 spiro atoms. The van der Waals surface area contributed by atoms with Crippen LogP contribution in [0.1, 0.15) is 31.9 Å². The quantitative estimate of drug-likeness (QED) is 0.496. The Kier molecular flexibility index (Phi) is 5.63. The zero-order chi connectivity index (χ0) is 16.7. The van der Waals surface area contributed by atoms with E-state index in [2.05, 4.69) is 38.1 Å². The minimum atomic E-state index is 0.120. The monoisotopic (exact) mass is 313 g/mol. The van der Waals surface area contributed by atoms with E-state index in [1.807, 2.05) is 12.1 Å². The maximum atomic E-state index is 9.55. The van der Waals surface area contributed by atoms with Crippen molar-refractivity contribution in [1.29, 1.82) is 0 Å². The highest BCUT2D eigenvalue weighted by Gasteiger charge is 2.12. The summed E-state index contributed by atoms with van der Waals surface area (Å²) in [6.45, 7) is 7.18. The predicted molar refractivity (Wildman–Crippen MR) is 92.3 cm³/mol. The molecular formula is C19H23NO3. The molecule has 23 heavy (non-hydrogen) atoms. The van der Waals surface area contributed by atoms with Crippen molar-refractivity contribution < 1.29 is 14.7 Å². The standard InChI is InChI=1S/C19H23NO3/c1-19(2,3)16-10-8-15(9-11-16)14-20-23-13-12-22-18-7-5-4-6-17(18)21/h4-11,14,21H,12-13H2,1-3H3. The van der Waals surface area contributed by atoms with Gasteiger partial charge in [0, 0.05) is 0 Å². The van der Waals surface area contributed by atoms with Crippen LogP contribution in [0, 0.1) is 0 Å². The number of hydrogen-bond donors (Lipinski definition) is 1. The molecule has 0 unspecified atom stereocenters.